The van der Waals surface area contributed by atoms with Crippen LogP contribution < -0.4 is 31.8 Å². The molecule has 0 aliphatic carbocycles. The fraction of sp³-hybridized carbons (Fsp3) is 0.378. The SMILES string of the molecule is C=CC(=O)N1[C@H](C)CN(c2nc(=O)n3c4c(c(-c5cc(Cl)c(F)cc5F)c(Cl)cc24)SCC(O)C3)C[C@@H]1C.C=CC(=O)N1[C@H](C)CN(c2nc(=O)n3c4c(c(-c5ccc(F)cc5)c(Cl)cc24)SCC(OCOC)C3)C[C@@H]1C.C=CC(=O)N1[C@H](C)CN(c2nc(=O)n3c4c(c(-c5ccc(F)cc5F)c(Cl)cc24)SCC(OCOC)C3)C[C@@H]1C. The van der Waals surface area contributed by atoms with Gasteiger partial charge in [-0.2, -0.15) is 15.0 Å². The molecule has 23 nitrogen and oxygen atoms in total. The molecule has 0 radical (unpaired) electrons. The highest BCUT2D eigenvalue weighted by atomic mass is 35.5. The number of benzene rings is 6. The van der Waals surface area contributed by atoms with Crippen LogP contribution in [0.25, 0.3) is 66.1 Å². The Hall–Kier alpha value is -8.57. The van der Waals surface area contributed by atoms with Crippen molar-refractivity contribution in [2.75, 3.05) is 99.0 Å². The lowest BCUT2D eigenvalue weighted by molar-refractivity contribution is -0.131. The van der Waals surface area contributed by atoms with Crippen LogP contribution in [0.5, 0.6) is 0 Å². The van der Waals surface area contributed by atoms with Crippen molar-refractivity contribution in [2.45, 2.75) is 130 Å². The maximum absolute atomic E-state index is 15.1. The van der Waals surface area contributed by atoms with Crippen LogP contribution in [0.2, 0.25) is 20.1 Å². The maximum Gasteiger partial charge on any atom is 0.350 e. The summed E-state index contributed by atoms with van der Waals surface area (Å²) in [6, 6.07) is 15.5. The van der Waals surface area contributed by atoms with Crippen molar-refractivity contribution in [3.05, 3.63) is 191 Å². The van der Waals surface area contributed by atoms with Crippen LogP contribution in [0.15, 0.2) is 140 Å². The summed E-state index contributed by atoms with van der Waals surface area (Å²) >= 11 is 30.7. The van der Waals surface area contributed by atoms with E-state index in [1.807, 2.05) is 57.4 Å². The van der Waals surface area contributed by atoms with Crippen LogP contribution in [0.4, 0.5) is 39.4 Å². The van der Waals surface area contributed by atoms with Gasteiger partial charge in [0.25, 0.3) is 0 Å². The summed E-state index contributed by atoms with van der Waals surface area (Å²) in [5.41, 5.74) is 2.47. The first-order chi connectivity index (χ1) is 55.9. The van der Waals surface area contributed by atoms with Crippen molar-refractivity contribution < 1.29 is 60.4 Å². The summed E-state index contributed by atoms with van der Waals surface area (Å²) in [6.07, 6.45) is 2.34. The van der Waals surface area contributed by atoms with Crippen molar-refractivity contribution in [3.8, 4) is 33.4 Å². The first-order valence-corrected chi connectivity index (χ1v) is 41.9. The van der Waals surface area contributed by atoms with E-state index in [1.165, 1.54) is 88.3 Å². The molecular formula is C82H83Cl4F5N12O11S3. The van der Waals surface area contributed by atoms with E-state index in [9.17, 15) is 47.0 Å². The lowest BCUT2D eigenvalue weighted by atomic mass is 10.0. The van der Waals surface area contributed by atoms with Crippen LogP contribution in [-0.4, -0.2) is 205 Å². The fourth-order valence-electron chi connectivity index (χ4n) is 16.5. The number of thioether (sulfide) groups is 3. The third-order valence-electron chi connectivity index (χ3n) is 21.3. The molecule has 117 heavy (non-hydrogen) atoms. The van der Waals surface area contributed by atoms with Crippen LogP contribution >= 0.6 is 81.7 Å². The molecule has 6 aromatic carbocycles. The number of piperazine rings is 3. The number of aliphatic hydroxyl groups is 1. The van der Waals surface area contributed by atoms with Crippen molar-refractivity contribution in [1.82, 2.24) is 43.4 Å². The highest BCUT2D eigenvalue weighted by Crippen LogP contribution is 2.51. The number of rotatable bonds is 15. The number of aromatic nitrogens is 6. The fourth-order valence-corrected chi connectivity index (χ4v) is 21.5. The monoisotopic (exact) mass is 1740 g/mol. The molecule has 0 saturated carbocycles. The summed E-state index contributed by atoms with van der Waals surface area (Å²) in [7, 11) is 3.06. The predicted octanol–water partition coefficient (Wildman–Crippen LogP) is 14.0. The third-order valence-corrected chi connectivity index (χ3v) is 26.1. The molecule has 3 unspecified atom stereocenters. The molecule has 0 bridgehead atoms. The Labute approximate surface area is 702 Å². The Morgan fingerprint density at radius 2 is 0.803 bits per heavy atom. The number of carbonyl (C=O) groups is 3. The molecule has 9 atom stereocenters. The number of halogens is 9. The van der Waals surface area contributed by atoms with E-state index in [0.29, 0.717) is 129 Å². The second kappa shape index (κ2) is 36.2. The van der Waals surface area contributed by atoms with E-state index in [0.717, 1.165) is 27.5 Å². The minimum absolute atomic E-state index is 0.00916. The summed E-state index contributed by atoms with van der Waals surface area (Å²) in [5.74, 6) is -1.48. The van der Waals surface area contributed by atoms with Gasteiger partial charge in [-0.3, -0.25) is 28.1 Å². The Morgan fingerprint density at radius 1 is 0.453 bits per heavy atom. The highest BCUT2D eigenvalue weighted by Gasteiger charge is 2.40. The number of aliphatic hydroxyl groups excluding tert-OH is 1. The molecule has 6 aliphatic heterocycles. The number of nitrogens with zero attached hydrogens (tertiary/aromatic N) is 12. The average molecular weight is 1750 g/mol. The van der Waals surface area contributed by atoms with E-state index in [-0.39, 0.29) is 130 Å². The van der Waals surface area contributed by atoms with E-state index in [4.69, 9.17) is 65.4 Å². The van der Waals surface area contributed by atoms with Gasteiger partial charge >= 0.3 is 17.1 Å². The van der Waals surface area contributed by atoms with Crippen molar-refractivity contribution >= 4 is 150 Å². The molecular weight excluding hydrogens is 1660 g/mol. The van der Waals surface area contributed by atoms with Gasteiger partial charge in [-0.25, -0.2) is 36.3 Å². The average Bonchev–Trinajstić information content (AvgIpc) is 1.72. The zero-order valence-electron chi connectivity index (χ0n) is 64.9. The minimum atomic E-state index is -0.903. The lowest BCUT2D eigenvalue weighted by Crippen LogP contribution is -2.58. The van der Waals surface area contributed by atoms with Gasteiger partial charge < -0.3 is 53.5 Å². The molecule has 6 aliphatic rings. The van der Waals surface area contributed by atoms with E-state index in [1.54, 1.807) is 62.4 Å². The maximum atomic E-state index is 15.1. The number of hydrogen-bond acceptors (Lipinski definition) is 20. The zero-order valence-corrected chi connectivity index (χ0v) is 70.4. The Morgan fingerprint density at radius 3 is 1.19 bits per heavy atom. The van der Waals surface area contributed by atoms with E-state index in [2.05, 4.69) is 39.6 Å². The van der Waals surface area contributed by atoms with Gasteiger partial charge in [0.15, 0.2) is 0 Å². The molecule has 3 saturated heterocycles. The van der Waals surface area contributed by atoms with Crippen molar-refractivity contribution in [1.29, 1.82) is 0 Å². The van der Waals surface area contributed by atoms with Crippen LogP contribution in [0, 0.1) is 29.1 Å². The standard InChI is InChI=1S/C28H29ClF2N4O4S.C28H30ClFN4O4S.C26H24Cl2F2N4O3S/c1-5-23(36)35-15(2)10-33(11-16(35)3)27-20-9-21(29)24(19-7-6-17(30)8-22(19)31)26-25(20)34(28(37)32-27)12-18(13-40-26)39-14-38-4;1-5-23(35)34-16(2)11-32(12-17(34)3)27-21-10-22(29)24(18-6-8-19(30)9-7-18)26-25(21)33(28(36)31-27)13-20(14-39-26)38-15-37-4;1-4-21(36)34-12(2)8-32(9-13(34)3)25-16-6-18(28)22(15-5-17(27)20(30)7-19(15)29)24-23(16)33(26(37)31-25)10-14(35)11-38-24/h5-9,15-16,18H,1,10-14H2,2-4H3;5-10,16-17,20H,1,11-15H2,2-4H3;4-7,12-14,35H,1,8-11H2,2-3H3/t15-,16+,18?;16-,17+,20?;12-,13+,14?. The third kappa shape index (κ3) is 17.2. The number of ether oxygens (including phenoxy) is 4. The normalized spacial score (nSPS) is 21.2. The second-order valence-electron chi connectivity index (χ2n) is 29.4. The predicted molar refractivity (Wildman–Crippen MR) is 450 cm³/mol. The van der Waals surface area contributed by atoms with Gasteiger partial charge in [0.2, 0.25) is 17.7 Å². The topological polar surface area (TPSA) is 232 Å². The summed E-state index contributed by atoms with van der Waals surface area (Å²) in [6.45, 7) is 25.8. The molecule has 1 N–H and O–H groups in total. The Kier molecular flexibility index (Phi) is 26.7. The number of hydrogen-bond donors (Lipinski definition) is 1. The first-order valence-electron chi connectivity index (χ1n) is 37.4. The van der Waals surface area contributed by atoms with E-state index < -0.39 is 52.5 Å². The van der Waals surface area contributed by atoms with Crippen LogP contribution in [0.3, 0.4) is 0 Å². The molecule has 15 rings (SSSR count). The molecule has 3 amide bonds. The molecule has 618 valence electrons. The minimum Gasteiger partial charge on any atom is -0.390 e. The molecule has 35 heteroatoms. The lowest BCUT2D eigenvalue weighted by Gasteiger charge is -2.44. The molecule has 0 spiro atoms. The number of methoxy groups -OCH3 is 2. The van der Waals surface area contributed by atoms with Gasteiger partial charge in [0.1, 0.15) is 60.1 Å². The van der Waals surface area contributed by atoms with E-state index >= 15 is 8.78 Å². The van der Waals surface area contributed by atoms with Crippen LogP contribution in [0.1, 0.15) is 41.5 Å². The van der Waals surface area contributed by atoms with Gasteiger partial charge in [-0.05, 0) is 114 Å². The Balaban J connectivity index is 0.000000152. The van der Waals surface area contributed by atoms with Crippen molar-refractivity contribution in [2.24, 2.45) is 0 Å². The molecule has 9 aromatic rings. The zero-order chi connectivity index (χ0) is 84.0. The number of anilines is 3. The highest BCUT2D eigenvalue weighted by molar-refractivity contribution is 8.00. The first kappa shape index (κ1) is 86.3. The number of amides is 3. The van der Waals surface area contributed by atoms with Crippen LogP contribution in [-0.2, 0) is 53.0 Å². The molecule has 3 aromatic heterocycles. The summed E-state index contributed by atoms with van der Waals surface area (Å²) < 4.78 is 98.0. The largest absolute Gasteiger partial charge is 0.390 e. The summed E-state index contributed by atoms with van der Waals surface area (Å²) in [4.78, 5) is 104. The van der Waals surface area contributed by atoms with Crippen molar-refractivity contribution in [3.63, 3.8) is 0 Å². The summed E-state index contributed by atoms with van der Waals surface area (Å²) in [5, 5.41) is 13.1. The smallest absolute Gasteiger partial charge is 0.350 e. The second-order valence-corrected chi connectivity index (χ2v) is 34.1. The molecule has 3 fully saturated rings. The van der Waals surface area contributed by atoms with Gasteiger partial charge in [0, 0.05) is 178 Å². The molecule has 9 heterocycles. The quantitative estimate of drug-likeness (QED) is 0.0435. The van der Waals surface area contributed by atoms with Gasteiger partial charge in [-0.15, -0.1) is 35.3 Å². The van der Waals surface area contributed by atoms with Gasteiger partial charge in [0.05, 0.1) is 74.6 Å². The number of carbonyl (C=O) groups excluding carboxylic acids is 3. The van der Waals surface area contributed by atoms with Gasteiger partial charge in [-0.1, -0.05) is 78.3 Å². The Bertz CT molecular complexity index is 5630.